The normalized spacial score (nSPS) is 20.5. The molecular formula is C9H19N3O. The van der Waals surface area contributed by atoms with Gasteiger partial charge in [-0.2, -0.15) is 0 Å². The first kappa shape index (κ1) is 10.3. The first-order valence-corrected chi connectivity index (χ1v) is 4.84. The summed E-state index contributed by atoms with van der Waals surface area (Å²) in [6.45, 7) is 4.18. The Kier molecular flexibility index (Phi) is 3.54. The molecule has 0 amide bonds. The van der Waals surface area contributed by atoms with Gasteiger partial charge in [-0.3, -0.25) is 4.99 Å². The van der Waals surface area contributed by atoms with Gasteiger partial charge in [0.2, 0.25) is 0 Å². The average molecular weight is 185 g/mol. The van der Waals surface area contributed by atoms with Crippen LogP contribution in [0.15, 0.2) is 4.99 Å². The summed E-state index contributed by atoms with van der Waals surface area (Å²) < 4.78 is 0. The van der Waals surface area contributed by atoms with Crippen molar-refractivity contribution >= 4 is 5.96 Å². The van der Waals surface area contributed by atoms with Crippen LogP contribution < -0.4 is 11.1 Å². The maximum Gasteiger partial charge on any atom is 0.189 e. The van der Waals surface area contributed by atoms with Gasteiger partial charge in [0, 0.05) is 0 Å². The van der Waals surface area contributed by atoms with Gasteiger partial charge in [-0.1, -0.05) is 13.8 Å². The number of hydrogen-bond donors (Lipinski definition) is 3. The van der Waals surface area contributed by atoms with E-state index in [2.05, 4.69) is 10.3 Å². The molecule has 1 rings (SSSR count). The minimum absolute atomic E-state index is 0.0162. The number of nitrogens with one attached hydrogen (secondary N) is 1. The van der Waals surface area contributed by atoms with Crippen LogP contribution in [0.4, 0.5) is 0 Å². The van der Waals surface area contributed by atoms with Crippen LogP contribution in [-0.4, -0.2) is 29.8 Å². The van der Waals surface area contributed by atoms with Crippen LogP contribution in [0, 0.1) is 5.92 Å². The van der Waals surface area contributed by atoms with Crippen molar-refractivity contribution < 1.29 is 5.11 Å². The molecule has 4 N–H and O–H groups in total. The van der Waals surface area contributed by atoms with E-state index < -0.39 is 0 Å². The first-order chi connectivity index (χ1) is 6.13. The standard InChI is InChI=1S/C9H19N3O/c1-6(2)8(5-13)12-9(10)11-7-3-4-7/h6-8,13H,3-5H2,1-2H3,(H3,10,11,12)/t8-/m1/s1. The van der Waals surface area contributed by atoms with Crippen molar-refractivity contribution in [1.29, 1.82) is 0 Å². The van der Waals surface area contributed by atoms with E-state index >= 15 is 0 Å². The van der Waals surface area contributed by atoms with E-state index in [-0.39, 0.29) is 12.6 Å². The van der Waals surface area contributed by atoms with Crippen molar-refractivity contribution in [3.8, 4) is 0 Å². The highest BCUT2D eigenvalue weighted by molar-refractivity contribution is 5.78. The second kappa shape index (κ2) is 4.46. The van der Waals surface area contributed by atoms with E-state index in [9.17, 15) is 0 Å². The monoisotopic (exact) mass is 185 g/mol. The molecule has 0 aromatic heterocycles. The third kappa shape index (κ3) is 3.63. The minimum atomic E-state index is 0.0162. The number of aliphatic hydroxyl groups excluding tert-OH is 1. The highest BCUT2D eigenvalue weighted by Crippen LogP contribution is 2.22. The Labute approximate surface area is 79.2 Å². The summed E-state index contributed by atoms with van der Waals surface area (Å²) in [4.78, 5) is 4.23. The maximum absolute atomic E-state index is 9.02. The highest BCUT2D eigenvalue weighted by Gasteiger charge is 2.21. The van der Waals surface area contributed by atoms with Crippen LogP contribution in [0.5, 0.6) is 0 Å². The Morgan fingerprint density at radius 1 is 1.62 bits per heavy atom. The largest absolute Gasteiger partial charge is 0.394 e. The number of aliphatic imine (C=N–C) groups is 1. The van der Waals surface area contributed by atoms with Crippen molar-refractivity contribution in [3.63, 3.8) is 0 Å². The highest BCUT2D eigenvalue weighted by atomic mass is 16.3. The lowest BCUT2D eigenvalue weighted by Gasteiger charge is -2.20. The summed E-state index contributed by atoms with van der Waals surface area (Å²) in [5.74, 6) is 0.827. The Morgan fingerprint density at radius 2 is 2.23 bits per heavy atom. The van der Waals surface area contributed by atoms with Crippen LogP contribution >= 0.6 is 0 Å². The van der Waals surface area contributed by atoms with Crippen LogP contribution in [0.1, 0.15) is 26.7 Å². The second-order valence-corrected chi connectivity index (χ2v) is 3.92. The van der Waals surface area contributed by atoms with E-state index in [0.29, 0.717) is 17.9 Å². The molecular weight excluding hydrogens is 166 g/mol. The van der Waals surface area contributed by atoms with Gasteiger partial charge in [0.05, 0.1) is 18.7 Å². The molecule has 1 saturated carbocycles. The van der Waals surface area contributed by atoms with Crippen molar-refractivity contribution in [1.82, 2.24) is 5.32 Å². The van der Waals surface area contributed by atoms with Gasteiger partial charge in [-0.05, 0) is 18.8 Å². The molecule has 1 aliphatic carbocycles. The molecule has 0 aromatic carbocycles. The molecule has 4 nitrogen and oxygen atoms in total. The molecule has 0 bridgehead atoms. The van der Waals surface area contributed by atoms with Crippen LogP contribution in [-0.2, 0) is 0 Å². The molecule has 0 spiro atoms. The zero-order valence-corrected chi connectivity index (χ0v) is 8.33. The lowest BCUT2D eigenvalue weighted by molar-refractivity contribution is 0.226. The Hall–Kier alpha value is -0.770. The van der Waals surface area contributed by atoms with Crippen LogP contribution in [0.3, 0.4) is 0 Å². The van der Waals surface area contributed by atoms with E-state index in [4.69, 9.17) is 10.8 Å². The molecule has 1 fully saturated rings. The fraction of sp³-hybridized carbons (Fsp3) is 0.889. The second-order valence-electron chi connectivity index (χ2n) is 3.92. The van der Waals surface area contributed by atoms with Crippen molar-refractivity contribution in [2.24, 2.45) is 16.6 Å². The molecule has 13 heavy (non-hydrogen) atoms. The topological polar surface area (TPSA) is 70.6 Å². The number of rotatable bonds is 4. The smallest absolute Gasteiger partial charge is 0.189 e. The zero-order chi connectivity index (χ0) is 9.84. The van der Waals surface area contributed by atoms with Crippen LogP contribution in [0.25, 0.3) is 0 Å². The number of hydrogen-bond acceptors (Lipinski definition) is 2. The number of nitrogens with zero attached hydrogens (tertiary/aromatic N) is 1. The van der Waals surface area contributed by atoms with Crippen molar-refractivity contribution in [2.45, 2.75) is 38.8 Å². The predicted octanol–water partition coefficient (Wildman–Crippen LogP) is 0.0700. The van der Waals surface area contributed by atoms with E-state index in [1.54, 1.807) is 0 Å². The summed E-state index contributed by atoms with van der Waals surface area (Å²) in [5.41, 5.74) is 5.66. The van der Waals surface area contributed by atoms with Gasteiger partial charge in [0.25, 0.3) is 0 Å². The van der Waals surface area contributed by atoms with Crippen LogP contribution in [0.2, 0.25) is 0 Å². The zero-order valence-electron chi connectivity index (χ0n) is 8.33. The summed E-state index contributed by atoms with van der Waals surface area (Å²) in [6.07, 6.45) is 2.29. The Bertz CT molecular complexity index is 187. The number of aliphatic hydroxyl groups is 1. The Morgan fingerprint density at radius 3 is 2.62 bits per heavy atom. The molecule has 0 heterocycles. The van der Waals surface area contributed by atoms with E-state index in [0.717, 1.165) is 12.8 Å². The number of nitrogens with two attached hydrogens (primary N) is 1. The SMILES string of the molecule is CC(C)[C@@H](CO)NC(N)=NC1CC1. The fourth-order valence-corrected chi connectivity index (χ4v) is 1.05. The molecule has 0 aliphatic heterocycles. The summed E-state index contributed by atoms with van der Waals surface area (Å²) in [5, 5.41) is 12.0. The third-order valence-corrected chi connectivity index (χ3v) is 2.20. The van der Waals surface area contributed by atoms with Gasteiger partial charge in [-0.25, -0.2) is 0 Å². The van der Waals surface area contributed by atoms with Gasteiger partial charge >= 0.3 is 0 Å². The molecule has 0 aromatic rings. The summed E-state index contributed by atoms with van der Waals surface area (Å²) >= 11 is 0. The van der Waals surface area contributed by atoms with Gasteiger partial charge in [0.15, 0.2) is 5.96 Å². The van der Waals surface area contributed by atoms with Gasteiger partial charge in [0.1, 0.15) is 0 Å². The van der Waals surface area contributed by atoms with Gasteiger partial charge < -0.3 is 16.2 Å². The summed E-state index contributed by atoms with van der Waals surface area (Å²) in [7, 11) is 0. The molecule has 0 saturated heterocycles. The predicted molar refractivity (Wildman–Crippen MR) is 53.5 cm³/mol. The molecule has 4 heteroatoms. The van der Waals surface area contributed by atoms with Gasteiger partial charge in [-0.15, -0.1) is 0 Å². The van der Waals surface area contributed by atoms with E-state index in [1.165, 1.54) is 0 Å². The molecule has 1 aliphatic rings. The maximum atomic E-state index is 9.02. The lowest BCUT2D eigenvalue weighted by atomic mass is 10.1. The van der Waals surface area contributed by atoms with Crippen molar-refractivity contribution in [2.75, 3.05) is 6.61 Å². The van der Waals surface area contributed by atoms with E-state index in [1.807, 2.05) is 13.8 Å². The molecule has 1 atom stereocenters. The summed E-state index contributed by atoms with van der Waals surface area (Å²) in [6, 6.07) is 0.446. The third-order valence-electron chi connectivity index (χ3n) is 2.20. The number of guanidine groups is 1. The van der Waals surface area contributed by atoms with Crippen molar-refractivity contribution in [3.05, 3.63) is 0 Å². The Balaban J connectivity index is 2.35. The minimum Gasteiger partial charge on any atom is -0.394 e. The lowest BCUT2D eigenvalue weighted by Crippen LogP contribution is -2.45. The first-order valence-electron chi connectivity index (χ1n) is 4.84. The fourth-order valence-electron chi connectivity index (χ4n) is 1.05. The quantitative estimate of drug-likeness (QED) is 0.429. The molecule has 0 radical (unpaired) electrons. The molecule has 0 unspecified atom stereocenters. The average Bonchev–Trinajstić information content (AvgIpc) is 2.83. The molecule has 76 valence electrons.